The Labute approximate surface area is 136 Å². The molecule has 4 heteroatoms. The summed E-state index contributed by atoms with van der Waals surface area (Å²) in [6.45, 7) is 6.43. The van der Waals surface area contributed by atoms with E-state index in [1.807, 2.05) is 12.1 Å². The molecule has 2 aromatic rings. The highest BCUT2D eigenvalue weighted by Crippen LogP contribution is 2.18. The van der Waals surface area contributed by atoms with Crippen LogP contribution in [0.5, 0.6) is 0 Å². The maximum Gasteiger partial charge on any atom is 0.255 e. The lowest BCUT2D eigenvalue weighted by atomic mass is 9.95. The molecule has 1 N–H and O–H groups in total. The van der Waals surface area contributed by atoms with Gasteiger partial charge in [-0.15, -0.1) is 0 Å². The van der Waals surface area contributed by atoms with Crippen LogP contribution in [0, 0.1) is 5.41 Å². The summed E-state index contributed by atoms with van der Waals surface area (Å²) in [7, 11) is 0. The number of pyridine rings is 1. The minimum absolute atomic E-state index is 0.137. The molecule has 0 aliphatic rings. The lowest BCUT2D eigenvalue weighted by molar-refractivity contribution is 0.102. The van der Waals surface area contributed by atoms with Crippen molar-refractivity contribution in [3.05, 3.63) is 65.0 Å². The first-order chi connectivity index (χ1) is 10.3. The molecule has 0 bridgehead atoms. The van der Waals surface area contributed by atoms with Crippen molar-refractivity contribution in [3.63, 3.8) is 0 Å². The van der Waals surface area contributed by atoms with Crippen LogP contribution >= 0.6 is 11.6 Å². The third-order valence-electron chi connectivity index (χ3n) is 2.93. The number of anilines is 1. The van der Waals surface area contributed by atoms with Crippen LogP contribution in [0.15, 0.2) is 48.7 Å². The van der Waals surface area contributed by atoms with Crippen molar-refractivity contribution < 1.29 is 4.79 Å². The molecule has 0 spiro atoms. The summed E-state index contributed by atoms with van der Waals surface area (Å²) in [5.74, 6) is -0.171. The molecule has 3 nitrogen and oxygen atoms in total. The minimum Gasteiger partial charge on any atom is -0.321 e. The predicted octanol–water partition coefficient (Wildman–Crippen LogP) is 5.05. The molecule has 1 aromatic carbocycles. The molecule has 1 aromatic heterocycles. The number of hydrogen-bond donors (Lipinski definition) is 1. The van der Waals surface area contributed by atoms with Gasteiger partial charge < -0.3 is 5.32 Å². The highest BCUT2D eigenvalue weighted by Gasteiger charge is 2.07. The lowest BCUT2D eigenvalue weighted by Gasteiger charge is -2.11. The Morgan fingerprint density at radius 3 is 2.36 bits per heavy atom. The van der Waals surface area contributed by atoms with E-state index in [4.69, 9.17) is 11.6 Å². The summed E-state index contributed by atoms with van der Waals surface area (Å²) >= 11 is 5.71. The van der Waals surface area contributed by atoms with E-state index < -0.39 is 0 Å². The van der Waals surface area contributed by atoms with Crippen molar-refractivity contribution in [1.29, 1.82) is 0 Å². The number of carbonyl (C=O) groups excluding carboxylic acids is 1. The van der Waals surface area contributed by atoms with Gasteiger partial charge in [-0.1, -0.05) is 56.7 Å². The first kappa shape index (κ1) is 16.2. The van der Waals surface area contributed by atoms with Gasteiger partial charge in [0.15, 0.2) is 0 Å². The fraction of sp³-hybridized carbons (Fsp3) is 0.222. The van der Waals surface area contributed by atoms with E-state index in [1.54, 1.807) is 24.3 Å². The summed E-state index contributed by atoms with van der Waals surface area (Å²) in [6, 6.07) is 10.8. The van der Waals surface area contributed by atoms with Gasteiger partial charge in [0.05, 0.1) is 11.9 Å². The molecule has 0 fully saturated rings. The van der Waals surface area contributed by atoms with E-state index in [-0.39, 0.29) is 11.3 Å². The summed E-state index contributed by atoms with van der Waals surface area (Å²) in [4.78, 5) is 16.1. The summed E-state index contributed by atoms with van der Waals surface area (Å²) in [5, 5.41) is 3.18. The zero-order valence-electron chi connectivity index (χ0n) is 12.9. The van der Waals surface area contributed by atoms with Crippen molar-refractivity contribution in [1.82, 2.24) is 4.98 Å². The number of nitrogens with zero attached hydrogens (tertiary/aromatic N) is 1. The van der Waals surface area contributed by atoms with E-state index >= 15 is 0 Å². The smallest absolute Gasteiger partial charge is 0.255 e. The third-order valence-corrected chi connectivity index (χ3v) is 3.16. The molecule has 1 heterocycles. The molecular formula is C18H19ClN2O. The van der Waals surface area contributed by atoms with Crippen molar-refractivity contribution in [3.8, 4) is 0 Å². The first-order valence-electron chi connectivity index (χ1n) is 7.06. The van der Waals surface area contributed by atoms with Gasteiger partial charge in [-0.3, -0.25) is 4.79 Å². The Morgan fingerprint density at radius 2 is 1.82 bits per heavy atom. The quantitative estimate of drug-likeness (QED) is 0.806. The number of rotatable bonds is 3. The fourth-order valence-corrected chi connectivity index (χ4v) is 1.86. The summed E-state index contributed by atoms with van der Waals surface area (Å²) in [5.41, 5.74) is 2.42. The third kappa shape index (κ3) is 5.01. The summed E-state index contributed by atoms with van der Waals surface area (Å²) < 4.78 is 0. The number of halogens is 1. The SMILES string of the molecule is CC(C)(C)/C=C/c1ccc(C(=O)Nc2ccc(Cl)nc2)cc1. The molecule has 0 unspecified atom stereocenters. The van der Waals surface area contributed by atoms with Gasteiger partial charge in [0.2, 0.25) is 0 Å². The fourth-order valence-electron chi connectivity index (χ4n) is 1.74. The molecule has 1 amide bonds. The topological polar surface area (TPSA) is 42.0 Å². The monoisotopic (exact) mass is 314 g/mol. The van der Waals surface area contributed by atoms with Crippen LogP contribution in [0.4, 0.5) is 5.69 Å². The van der Waals surface area contributed by atoms with Crippen LogP contribution in [0.2, 0.25) is 5.15 Å². The van der Waals surface area contributed by atoms with Gasteiger partial charge >= 0.3 is 0 Å². The predicted molar refractivity (Wildman–Crippen MR) is 92.1 cm³/mol. The Kier molecular flexibility index (Phi) is 4.99. The molecule has 0 saturated carbocycles. The van der Waals surface area contributed by atoms with Gasteiger partial charge in [0.25, 0.3) is 5.91 Å². The van der Waals surface area contributed by atoms with Crippen LogP contribution in [0.3, 0.4) is 0 Å². The molecule has 0 aliphatic carbocycles. The molecule has 0 aliphatic heterocycles. The highest BCUT2D eigenvalue weighted by atomic mass is 35.5. The minimum atomic E-state index is -0.171. The van der Waals surface area contributed by atoms with Gasteiger partial charge in [-0.05, 0) is 35.2 Å². The molecule has 0 radical (unpaired) electrons. The standard InChI is InChI=1S/C18H19ClN2O/c1-18(2,3)11-10-13-4-6-14(7-5-13)17(22)21-15-8-9-16(19)20-12-15/h4-12H,1-3H3,(H,21,22)/b11-10+. The average molecular weight is 315 g/mol. The lowest BCUT2D eigenvalue weighted by Crippen LogP contribution is -2.11. The van der Waals surface area contributed by atoms with Crippen molar-refractivity contribution in [2.45, 2.75) is 20.8 Å². The maximum atomic E-state index is 12.1. The van der Waals surface area contributed by atoms with Gasteiger partial charge in [-0.2, -0.15) is 0 Å². The molecule has 2 rings (SSSR count). The van der Waals surface area contributed by atoms with Crippen molar-refractivity contribution in [2.24, 2.45) is 5.41 Å². The van der Waals surface area contributed by atoms with Gasteiger partial charge in [-0.25, -0.2) is 4.98 Å². The van der Waals surface area contributed by atoms with E-state index in [2.05, 4.69) is 43.2 Å². The normalized spacial score (nSPS) is 11.6. The second kappa shape index (κ2) is 6.75. The second-order valence-electron chi connectivity index (χ2n) is 6.15. The zero-order chi connectivity index (χ0) is 16.2. The van der Waals surface area contributed by atoms with Crippen LogP contribution in [-0.4, -0.2) is 10.9 Å². The van der Waals surface area contributed by atoms with Crippen molar-refractivity contribution in [2.75, 3.05) is 5.32 Å². The Hall–Kier alpha value is -2.13. The number of aromatic nitrogens is 1. The van der Waals surface area contributed by atoms with E-state index in [0.29, 0.717) is 16.4 Å². The largest absolute Gasteiger partial charge is 0.321 e. The molecule has 0 saturated heterocycles. The van der Waals surface area contributed by atoms with E-state index in [1.165, 1.54) is 6.20 Å². The first-order valence-corrected chi connectivity index (χ1v) is 7.43. The summed E-state index contributed by atoms with van der Waals surface area (Å²) in [6.07, 6.45) is 5.73. The number of carbonyl (C=O) groups is 1. The van der Waals surface area contributed by atoms with Gasteiger partial charge in [0.1, 0.15) is 5.15 Å². The average Bonchev–Trinajstić information content (AvgIpc) is 2.47. The Balaban J connectivity index is 2.05. The Morgan fingerprint density at radius 1 is 1.14 bits per heavy atom. The van der Waals surface area contributed by atoms with Crippen LogP contribution in [0.25, 0.3) is 6.08 Å². The second-order valence-corrected chi connectivity index (χ2v) is 6.53. The van der Waals surface area contributed by atoms with Crippen LogP contribution < -0.4 is 5.32 Å². The van der Waals surface area contributed by atoms with Crippen LogP contribution in [-0.2, 0) is 0 Å². The molecular weight excluding hydrogens is 296 g/mol. The van der Waals surface area contributed by atoms with Crippen molar-refractivity contribution >= 4 is 29.3 Å². The highest BCUT2D eigenvalue weighted by molar-refractivity contribution is 6.29. The number of nitrogens with one attached hydrogen (secondary N) is 1. The maximum absolute atomic E-state index is 12.1. The number of benzene rings is 1. The van der Waals surface area contributed by atoms with Gasteiger partial charge in [0, 0.05) is 5.56 Å². The molecule has 0 atom stereocenters. The van der Waals surface area contributed by atoms with E-state index in [9.17, 15) is 4.79 Å². The molecule has 114 valence electrons. The number of allylic oxidation sites excluding steroid dienone is 1. The zero-order valence-corrected chi connectivity index (χ0v) is 13.7. The molecule has 22 heavy (non-hydrogen) atoms. The van der Waals surface area contributed by atoms with E-state index in [0.717, 1.165) is 5.56 Å². The number of amides is 1. The number of hydrogen-bond acceptors (Lipinski definition) is 2. The Bertz CT molecular complexity index is 668. The van der Waals surface area contributed by atoms with Crippen LogP contribution in [0.1, 0.15) is 36.7 Å².